The summed E-state index contributed by atoms with van der Waals surface area (Å²) < 4.78 is 0. The lowest BCUT2D eigenvalue weighted by Gasteiger charge is -2.39. The third-order valence-electron chi connectivity index (χ3n) is 7.28. The topological polar surface area (TPSA) is 78.5 Å². The zero-order chi connectivity index (χ0) is 23.9. The van der Waals surface area contributed by atoms with E-state index in [1.54, 1.807) is 48.5 Å². The van der Waals surface area contributed by atoms with Crippen LogP contribution in [0.1, 0.15) is 31.8 Å². The number of ketones is 2. The van der Waals surface area contributed by atoms with Gasteiger partial charge in [0.15, 0.2) is 11.6 Å². The maximum absolute atomic E-state index is 14.2. The van der Waals surface area contributed by atoms with Crippen molar-refractivity contribution in [1.29, 1.82) is 0 Å². The van der Waals surface area contributed by atoms with Gasteiger partial charge in [-0.1, -0.05) is 66.2 Å². The predicted octanol–water partition coefficient (Wildman–Crippen LogP) is 4.15. The average Bonchev–Trinajstić information content (AvgIpc) is 3.55. The fourth-order valence-corrected chi connectivity index (χ4v) is 6.09. The van der Waals surface area contributed by atoms with Crippen molar-refractivity contribution in [2.24, 2.45) is 0 Å². The van der Waals surface area contributed by atoms with Crippen LogP contribution in [0.15, 0.2) is 89.8 Å². The van der Waals surface area contributed by atoms with Crippen LogP contribution < -0.4 is 10.6 Å². The van der Waals surface area contributed by atoms with Gasteiger partial charge in [0.2, 0.25) is 5.91 Å². The molecule has 1 amide bonds. The molecule has 3 heterocycles. The van der Waals surface area contributed by atoms with E-state index in [-0.39, 0.29) is 17.1 Å². The highest BCUT2D eigenvalue weighted by atomic mass is 35.5. The van der Waals surface area contributed by atoms with E-state index in [0.717, 1.165) is 5.56 Å². The lowest BCUT2D eigenvalue weighted by molar-refractivity contribution is -0.118. The monoisotopic (exact) mass is 479 g/mol. The summed E-state index contributed by atoms with van der Waals surface area (Å²) in [6.45, 7) is 1.15. The number of nitrogens with one attached hydrogen (secondary N) is 2. The maximum atomic E-state index is 14.2. The summed E-state index contributed by atoms with van der Waals surface area (Å²) in [5.41, 5.74) is 2.40. The Kier molecular flexibility index (Phi) is 4.01. The summed E-state index contributed by atoms with van der Waals surface area (Å²) in [6.07, 6.45) is 0. The Morgan fingerprint density at radius 2 is 1.69 bits per heavy atom. The summed E-state index contributed by atoms with van der Waals surface area (Å²) in [4.78, 5) is 44.4. The first-order valence-corrected chi connectivity index (χ1v) is 11.8. The van der Waals surface area contributed by atoms with Crippen molar-refractivity contribution in [3.05, 3.63) is 117 Å². The molecule has 0 radical (unpaired) electrons. The van der Waals surface area contributed by atoms with E-state index in [0.29, 0.717) is 57.6 Å². The first-order chi connectivity index (χ1) is 17.0. The van der Waals surface area contributed by atoms with Crippen LogP contribution in [0.3, 0.4) is 0 Å². The number of carbonyl (C=O) groups excluding carboxylic acids is 3. The molecule has 0 aromatic heterocycles. The van der Waals surface area contributed by atoms with Crippen molar-refractivity contribution in [1.82, 2.24) is 10.2 Å². The van der Waals surface area contributed by atoms with Crippen LogP contribution in [0.2, 0.25) is 5.02 Å². The molecule has 170 valence electrons. The molecule has 1 atom stereocenters. The Labute approximate surface area is 205 Å². The lowest BCUT2D eigenvalue weighted by atomic mass is 9.64. The molecule has 0 bridgehead atoms. The molecule has 35 heavy (non-hydrogen) atoms. The second kappa shape index (κ2) is 6.93. The molecule has 4 aliphatic rings. The van der Waals surface area contributed by atoms with Crippen LogP contribution in [0.25, 0.3) is 5.70 Å². The van der Waals surface area contributed by atoms with Gasteiger partial charge < -0.3 is 15.5 Å². The molecular weight excluding hydrogens is 462 g/mol. The Morgan fingerprint density at radius 1 is 0.943 bits per heavy atom. The number of nitrogens with zero attached hydrogens (tertiary/aromatic N) is 1. The summed E-state index contributed by atoms with van der Waals surface area (Å²) in [6, 6.07) is 21.3. The van der Waals surface area contributed by atoms with Crippen LogP contribution >= 0.6 is 11.6 Å². The van der Waals surface area contributed by atoms with Gasteiger partial charge in [-0.3, -0.25) is 14.4 Å². The number of Topliss-reactive ketones (excluding diaryl/α,β-unsaturated/α-hetero) is 2. The van der Waals surface area contributed by atoms with E-state index in [4.69, 9.17) is 11.6 Å². The van der Waals surface area contributed by atoms with E-state index < -0.39 is 11.3 Å². The Hall–Kier alpha value is -4.16. The molecule has 1 spiro atoms. The van der Waals surface area contributed by atoms with Gasteiger partial charge >= 0.3 is 0 Å². The van der Waals surface area contributed by atoms with Crippen molar-refractivity contribution in [3.8, 4) is 0 Å². The fourth-order valence-electron chi connectivity index (χ4n) is 5.92. The zero-order valence-corrected chi connectivity index (χ0v) is 19.1. The largest absolute Gasteiger partial charge is 0.369 e. The third-order valence-corrected chi connectivity index (χ3v) is 7.52. The van der Waals surface area contributed by atoms with E-state index in [1.807, 2.05) is 29.2 Å². The number of hydrogen-bond donors (Lipinski definition) is 2. The van der Waals surface area contributed by atoms with Gasteiger partial charge in [0.05, 0.1) is 11.3 Å². The molecular formula is C28H18ClN3O3. The number of hydrogen-bond acceptors (Lipinski definition) is 5. The number of fused-ring (bicyclic) bond motifs is 7. The molecule has 1 saturated heterocycles. The highest BCUT2D eigenvalue weighted by Gasteiger charge is 2.63. The molecule has 3 aromatic rings. The SMILES string of the molecule is O=C(C1=C2NCCN2C2=C(C(=O)c3ccccc32)C12C(=O)Nc1ccc(Cl)cc12)c1ccccc1. The first kappa shape index (κ1) is 20.2. The van der Waals surface area contributed by atoms with E-state index in [9.17, 15) is 14.4 Å². The number of rotatable bonds is 2. The highest BCUT2D eigenvalue weighted by Crippen LogP contribution is 2.58. The molecule has 7 heteroatoms. The van der Waals surface area contributed by atoms with Crippen molar-refractivity contribution in [2.75, 3.05) is 18.4 Å². The maximum Gasteiger partial charge on any atom is 0.244 e. The average molecular weight is 480 g/mol. The number of carbonyl (C=O) groups is 3. The van der Waals surface area contributed by atoms with Crippen LogP contribution in [0, 0.1) is 0 Å². The molecule has 1 aliphatic carbocycles. The summed E-state index contributed by atoms with van der Waals surface area (Å²) in [5, 5.41) is 6.73. The molecule has 2 N–H and O–H groups in total. The Balaban J connectivity index is 1.62. The highest BCUT2D eigenvalue weighted by molar-refractivity contribution is 6.34. The second-order valence-electron chi connectivity index (χ2n) is 8.99. The fraction of sp³-hybridized carbons (Fsp3) is 0.107. The minimum Gasteiger partial charge on any atom is -0.369 e. The van der Waals surface area contributed by atoms with Crippen molar-refractivity contribution in [2.45, 2.75) is 5.41 Å². The van der Waals surface area contributed by atoms with Crippen LogP contribution in [0.4, 0.5) is 5.69 Å². The van der Waals surface area contributed by atoms with Crippen molar-refractivity contribution in [3.63, 3.8) is 0 Å². The number of amides is 1. The van der Waals surface area contributed by atoms with Gasteiger partial charge in [0, 0.05) is 51.6 Å². The molecule has 7 rings (SSSR count). The van der Waals surface area contributed by atoms with Gasteiger partial charge in [-0.15, -0.1) is 0 Å². The second-order valence-corrected chi connectivity index (χ2v) is 9.43. The van der Waals surface area contributed by atoms with E-state index in [2.05, 4.69) is 10.6 Å². The number of benzene rings is 3. The van der Waals surface area contributed by atoms with Gasteiger partial charge in [0.1, 0.15) is 11.2 Å². The van der Waals surface area contributed by atoms with Crippen LogP contribution in [0.5, 0.6) is 0 Å². The summed E-state index contributed by atoms with van der Waals surface area (Å²) in [7, 11) is 0. The minimum absolute atomic E-state index is 0.247. The van der Waals surface area contributed by atoms with Crippen molar-refractivity contribution < 1.29 is 14.4 Å². The summed E-state index contributed by atoms with van der Waals surface area (Å²) in [5.74, 6) is -0.421. The normalized spacial score (nSPS) is 21.6. The standard InChI is InChI=1S/C28H18ClN3O3/c29-16-10-11-20-19(14-16)28(27(35)31-20)21-23(17-8-4-5-9-18(17)25(21)34)32-13-12-30-26(32)22(28)24(33)15-6-2-1-3-7-15/h1-11,14,30H,12-13H2,(H,31,35). The van der Waals surface area contributed by atoms with Gasteiger partial charge in [-0.2, -0.15) is 0 Å². The quantitative estimate of drug-likeness (QED) is 0.540. The van der Waals surface area contributed by atoms with Gasteiger partial charge in [-0.05, 0) is 18.2 Å². The van der Waals surface area contributed by atoms with E-state index >= 15 is 0 Å². The molecule has 1 fully saturated rings. The van der Waals surface area contributed by atoms with E-state index in [1.165, 1.54) is 0 Å². The first-order valence-electron chi connectivity index (χ1n) is 11.4. The zero-order valence-electron chi connectivity index (χ0n) is 18.4. The molecule has 3 aromatic carbocycles. The smallest absolute Gasteiger partial charge is 0.244 e. The summed E-state index contributed by atoms with van der Waals surface area (Å²) >= 11 is 6.43. The Morgan fingerprint density at radius 3 is 2.49 bits per heavy atom. The number of anilines is 1. The predicted molar refractivity (Wildman–Crippen MR) is 132 cm³/mol. The van der Waals surface area contributed by atoms with Gasteiger partial charge in [-0.25, -0.2) is 0 Å². The molecule has 1 unspecified atom stereocenters. The van der Waals surface area contributed by atoms with Crippen LogP contribution in [-0.4, -0.2) is 35.5 Å². The Bertz CT molecular complexity index is 1570. The molecule has 3 aliphatic heterocycles. The molecule has 0 saturated carbocycles. The lowest BCUT2D eigenvalue weighted by Crippen LogP contribution is -2.48. The van der Waals surface area contributed by atoms with Gasteiger partial charge in [0.25, 0.3) is 0 Å². The third kappa shape index (κ3) is 2.42. The minimum atomic E-state index is -1.64. The van der Waals surface area contributed by atoms with Crippen LogP contribution in [-0.2, 0) is 10.2 Å². The van der Waals surface area contributed by atoms with Crippen molar-refractivity contribution >= 4 is 40.5 Å². The number of halogens is 1. The molecule has 6 nitrogen and oxygen atoms in total.